The van der Waals surface area contributed by atoms with Crippen molar-refractivity contribution < 1.29 is 9.18 Å². The molecule has 1 aliphatic heterocycles. The molecule has 0 N–H and O–H groups in total. The van der Waals surface area contributed by atoms with Crippen LogP contribution >= 0.6 is 11.8 Å². The Morgan fingerprint density at radius 1 is 1.18 bits per heavy atom. The maximum atomic E-state index is 13.4. The van der Waals surface area contributed by atoms with Crippen LogP contribution in [0.5, 0.6) is 0 Å². The smallest absolute Gasteiger partial charge is 0.247 e. The molecule has 2 aromatic carbocycles. The van der Waals surface area contributed by atoms with Crippen LogP contribution in [0.3, 0.4) is 0 Å². The summed E-state index contributed by atoms with van der Waals surface area (Å²) in [5.74, 6) is 0.562. The zero-order valence-electron chi connectivity index (χ0n) is 12.0. The van der Waals surface area contributed by atoms with E-state index in [9.17, 15) is 9.18 Å². The summed E-state index contributed by atoms with van der Waals surface area (Å²) < 4.78 is 13.4. The molecule has 0 aromatic heterocycles. The Bertz CT molecular complexity index is 686. The normalized spacial score (nSPS) is 18.0. The zero-order chi connectivity index (χ0) is 15.4. The number of rotatable bonds is 3. The first-order chi connectivity index (χ1) is 10.7. The second-order valence-corrected chi connectivity index (χ2v) is 6.24. The highest BCUT2D eigenvalue weighted by Gasteiger charge is 2.29. The Morgan fingerprint density at radius 2 is 2.00 bits per heavy atom. The van der Waals surface area contributed by atoms with Crippen molar-refractivity contribution >= 4 is 23.7 Å². The molecule has 3 rings (SSSR count). The molecule has 112 valence electrons. The molecule has 1 aliphatic rings. The van der Waals surface area contributed by atoms with Gasteiger partial charge in [-0.05, 0) is 29.3 Å². The van der Waals surface area contributed by atoms with Crippen molar-refractivity contribution in [1.29, 1.82) is 0 Å². The molecule has 0 aliphatic carbocycles. The number of hydrogen-bond donors (Lipinski definition) is 0. The van der Waals surface area contributed by atoms with Crippen LogP contribution in [0.25, 0.3) is 6.08 Å². The van der Waals surface area contributed by atoms with Crippen molar-refractivity contribution in [3.05, 3.63) is 77.6 Å². The maximum absolute atomic E-state index is 13.4. The first-order valence-electron chi connectivity index (χ1n) is 7.15. The zero-order valence-corrected chi connectivity index (χ0v) is 12.8. The molecule has 1 unspecified atom stereocenters. The molecule has 1 amide bonds. The Morgan fingerprint density at radius 3 is 2.77 bits per heavy atom. The summed E-state index contributed by atoms with van der Waals surface area (Å²) in [6, 6.07) is 16.2. The number of amides is 1. The predicted molar refractivity (Wildman–Crippen MR) is 88.8 cm³/mol. The van der Waals surface area contributed by atoms with E-state index < -0.39 is 0 Å². The van der Waals surface area contributed by atoms with Crippen molar-refractivity contribution in [2.24, 2.45) is 0 Å². The van der Waals surface area contributed by atoms with Gasteiger partial charge in [0.1, 0.15) is 11.2 Å². The van der Waals surface area contributed by atoms with Crippen LogP contribution in [0, 0.1) is 5.82 Å². The molecule has 1 atom stereocenters. The van der Waals surface area contributed by atoms with Crippen LogP contribution in [0.4, 0.5) is 4.39 Å². The third-order valence-corrected chi connectivity index (χ3v) is 4.79. The van der Waals surface area contributed by atoms with Gasteiger partial charge in [-0.25, -0.2) is 4.39 Å². The number of hydrogen-bond acceptors (Lipinski definition) is 2. The van der Waals surface area contributed by atoms with E-state index in [-0.39, 0.29) is 17.1 Å². The lowest BCUT2D eigenvalue weighted by atomic mass is 10.2. The highest BCUT2D eigenvalue weighted by molar-refractivity contribution is 7.99. The summed E-state index contributed by atoms with van der Waals surface area (Å²) in [5.41, 5.74) is 1.83. The Hall–Kier alpha value is -2.07. The van der Waals surface area contributed by atoms with Crippen LogP contribution in [0.15, 0.2) is 60.7 Å². The SMILES string of the molecule is O=C(/C=C/c1ccccc1)N1CCSC1c1cccc(F)c1. The Kier molecular flexibility index (Phi) is 4.59. The number of carbonyl (C=O) groups is 1. The standard InChI is InChI=1S/C18H16FNOS/c19-16-8-4-7-15(13-16)18-20(11-12-22-18)17(21)10-9-14-5-2-1-3-6-14/h1-10,13,18H,11-12H2/b10-9+. The summed E-state index contributed by atoms with van der Waals surface area (Å²) in [7, 11) is 0. The van der Waals surface area contributed by atoms with Crippen molar-refractivity contribution in [3.63, 3.8) is 0 Å². The topological polar surface area (TPSA) is 20.3 Å². The van der Waals surface area contributed by atoms with Gasteiger partial charge < -0.3 is 4.90 Å². The molecule has 0 bridgehead atoms. The van der Waals surface area contributed by atoms with Crippen LogP contribution in [-0.2, 0) is 4.79 Å². The molecule has 0 radical (unpaired) electrons. The fourth-order valence-electron chi connectivity index (χ4n) is 2.46. The number of halogens is 1. The van der Waals surface area contributed by atoms with E-state index in [0.717, 1.165) is 16.9 Å². The molecule has 0 spiro atoms. The lowest BCUT2D eigenvalue weighted by Gasteiger charge is -2.22. The molecule has 1 saturated heterocycles. The van der Waals surface area contributed by atoms with Crippen molar-refractivity contribution in [3.8, 4) is 0 Å². The summed E-state index contributed by atoms with van der Waals surface area (Å²) in [6.07, 6.45) is 3.40. The van der Waals surface area contributed by atoms with E-state index >= 15 is 0 Å². The average Bonchev–Trinajstić information content (AvgIpc) is 3.03. The van der Waals surface area contributed by atoms with Gasteiger partial charge in [-0.15, -0.1) is 11.8 Å². The van der Waals surface area contributed by atoms with Gasteiger partial charge in [-0.3, -0.25) is 4.79 Å². The summed E-state index contributed by atoms with van der Waals surface area (Å²) in [6.45, 7) is 0.684. The van der Waals surface area contributed by atoms with Crippen LogP contribution in [0.2, 0.25) is 0 Å². The number of thioether (sulfide) groups is 1. The van der Waals surface area contributed by atoms with Crippen molar-refractivity contribution in [2.75, 3.05) is 12.3 Å². The summed E-state index contributed by atoms with van der Waals surface area (Å²) >= 11 is 1.67. The maximum Gasteiger partial charge on any atom is 0.247 e. The number of carbonyl (C=O) groups excluding carboxylic acids is 1. The van der Waals surface area contributed by atoms with E-state index in [4.69, 9.17) is 0 Å². The summed E-state index contributed by atoms with van der Waals surface area (Å²) in [5, 5.41) is -0.108. The van der Waals surface area contributed by atoms with Gasteiger partial charge in [-0.2, -0.15) is 0 Å². The lowest BCUT2D eigenvalue weighted by molar-refractivity contribution is -0.126. The molecule has 1 fully saturated rings. The minimum Gasteiger partial charge on any atom is -0.322 e. The minimum atomic E-state index is -0.266. The lowest BCUT2D eigenvalue weighted by Crippen LogP contribution is -2.28. The molecule has 2 aromatic rings. The number of benzene rings is 2. The highest BCUT2D eigenvalue weighted by Crippen LogP contribution is 2.38. The monoisotopic (exact) mass is 313 g/mol. The third kappa shape index (κ3) is 3.39. The third-order valence-electron chi connectivity index (χ3n) is 3.53. The first-order valence-corrected chi connectivity index (χ1v) is 8.20. The van der Waals surface area contributed by atoms with E-state index in [2.05, 4.69) is 0 Å². The van der Waals surface area contributed by atoms with Gasteiger partial charge in [-0.1, -0.05) is 42.5 Å². The van der Waals surface area contributed by atoms with Crippen LogP contribution in [0.1, 0.15) is 16.5 Å². The summed E-state index contributed by atoms with van der Waals surface area (Å²) in [4.78, 5) is 14.2. The predicted octanol–water partition coefficient (Wildman–Crippen LogP) is 4.11. The Balaban J connectivity index is 1.75. The fraction of sp³-hybridized carbons (Fsp3) is 0.167. The molecule has 1 heterocycles. The van der Waals surface area contributed by atoms with Crippen molar-refractivity contribution in [1.82, 2.24) is 4.90 Å². The second-order valence-electron chi connectivity index (χ2n) is 5.05. The quantitative estimate of drug-likeness (QED) is 0.795. The van der Waals surface area contributed by atoms with Crippen LogP contribution < -0.4 is 0 Å². The fourth-order valence-corrected chi connectivity index (χ4v) is 3.71. The van der Waals surface area contributed by atoms with Gasteiger partial charge in [0.05, 0.1) is 0 Å². The van der Waals surface area contributed by atoms with Gasteiger partial charge in [0.15, 0.2) is 0 Å². The molecule has 4 heteroatoms. The second kappa shape index (κ2) is 6.79. The number of nitrogens with zero attached hydrogens (tertiary/aromatic N) is 1. The Labute approximate surface area is 133 Å². The molecule has 2 nitrogen and oxygen atoms in total. The van der Waals surface area contributed by atoms with Gasteiger partial charge in [0.25, 0.3) is 0 Å². The van der Waals surface area contributed by atoms with E-state index in [1.807, 2.05) is 42.5 Å². The average molecular weight is 313 g/mol. The van der Waals surface area contributed by atoms with E-state index in [1.54, 1.807) is 28.8 Å². The van der Waals surface area contributed by atoms with E-state index in [0.29, 0.717) is 6.54 Å². The molecular formula is C18H16FNOS. The van der Waals surface area contributed by atoms with Crippen molar-refractivity contribution in [2.45, 2.75) is 5.37 Å². The first kappa shape index (κ1) is 14.9. The molecule has 0 saturated carbocycles. The van der Waals surface area contributed by atoms with Gasteiger partial charge in [0, 0.05) is 18.4 Å². The van der Waals surface area contributed by atoms with Crippen LogP contribution in [-0.4, -0.2) is 23.1 Å². The minimum absolute atomic E-state index is 0.0388. The highest BCUT2D eigenvalue weighted by atomic mass is 32.2. The van der Waals surface area contributed by atoms with E-state index in [1.165, 1.54) is 12.1 Å². The van der Waals surface area contributed by atoms with Gasteiger partial charge >= 0.3 is 0 Å². The molecular weight excluding hydrogens is 297 g/mol. The molecule has 22 heavy (non-hydrogen) atoms. The van der Waals surface area contributed by atoms with Gasteiger partial charge in [0.2, 0.25) is 5.91 Å². The largest absolute Gasteiger partial charge is 0.322 e.